The van der Waals surface area contributed by atoms with E-state index in [1.807, 2.05) is 18.2 Å². The lowest BCUT2D eigenvalue weighted by molar-refractivity contribution is 0.410. The van der Waals surface area contributed by atoms with Crippen LogP contribution in [0.2, 0.25) is 5.02 Å². The minimum absolute atomic E-state index is 0.779. The number of rotatable bonds is 4. The van der Waals surface area contributed by atoms with Crippen molar-refractivity contribution in [1.82, 2.24) is 4.98 Å². The molecule has 1 fully saturated rings. The molecular weight excluding hydrogens is 382 g/mol. The van der Waals surface area contributed by atoms with Crippen LogP contribution in [0, 0.1) is 6.92 Å². The van der Waals surface area contributed by atoms with E-state index in [9.17, 15) is 0 Å². The zero-order chi connectivity index (χ0) is 19.0. The summed E-state index contributed by atoms with van der Waals surface area (Å²) in [7, 11) is 3.36. The Bertz CT molecular complexity index is 926. The molecule has 5 nitrogen and oxygen atoms in total. The molecule has 1 aliphatic heterocycles. The Hall–Kier alpha value is -2.18. The highest BCUT2D eigenvalue weighted by molar-refractivity contribution is 7.22. The fraction of sp³-hybridized carbons (Fsp3) is 0.350. The van der Waals surface area contributed by atoms with Gasteiger partial charge < -0.3 is 19.3 Å². The average molecular weight is 404 g/mol. The number of benzene rings is 2. The summed E-state index contributed by atoms with van der Waals surface area (Å²) in [6.45, 7) is 5.83. The number of anilines is 2. The summed E-state index contributed by atoms with van der Waals surface area (Å²) in [4.78, 5) is 9.57. The van der Waals surface area contributed by atoms with Crippen molar-refractivity contribution in [2.45, 2.75) is 6.92 Å². The lowest BCUT2D eigenvalue weighted by Crippen LogP contribution is -2.46. The summed E-state index contributed by atoms with van der Waals surface area (Å²) in [6, 6.07) is 9.92. The number of fused-ring (bicyclic) bond motifs is 1. The van der Waals surface area contributed by atoms with Crippen LogP contribution in [-0.2, 0) is 0 Å². The fourth-order valence-electron chi connectivity index (χ4n) is 3.47. The summed E-state index contributed by atoms with van der Waals surface area (Å²) >= 11 is 7.85. The van der Waals surface area contributed by atoms with E-state index in [0.29, 0.717) is 0 Å². The number of aromatic nitrogens is 1. The van der Waals surface area contributed by atoms with Crippen molar-refractivity contribution in [3.05, 3.63) is 40.9 Å². The first-order chi connectivity index (χ1) is 13.1. The van der Waals surface area contributed by atoms with Gasteiger partial charge in [-0.05, 0) is 36.8 Å². The minimum atomic E-state index is 0.779. The molecule has 0 aliphatic carbocycles. The molecule has 0 bridgehead atoms. The number of aryl methyl sites for hydroxylation is 1. The van der Waals surface area contributed by atoms with Gasteiger partial charge in [-0.15, -0.1) is 0 Å². The molecule has 142 valence electrons. The van der Waals surface area contributed by atoms with Crippen LogP contribution in [0.25, 0.3) is 10.2 Å². The maximum absolute atomic E-state index is 6.19. The standard InChI is InChI=1S/C20H22ClN3O2S/c1-13-4-5-14(21)12-15(13)23-8-10-24(11-9-23)20-22-18-16(25-2)6-7-17(26-3)19(18)27-20/h4-7,12H,8-11H2,1-3H3. The van der Waals surface area contributed by atoms with Crippen LogP contribution in [0.15, 0.2) is 30.3 Å². The summed E-state index contributed by atoms with van der Waals surface area (Å²) in [5.74, 6) is 1.62. The van der Waals surface area contributed by atoms with Crippen LogP contribution in [0.4, 0.5) is 10.8 Å². The number of halogens is 1. The number of methoxy groups -OCH3 is 2. The molecule has 0 saturated carbocycles. The zero-order valence-corrected chi connectivity index (χ0v) is 17.2. The molecule has 7 heteroatoms. The summed E-state index contributed by atoms with van der Waals surface area (Å²) < 4.78 is 12.0. The van der Waals surface area contributed by atoms with Crippen LogP contribution in [0.3, 0.4) is 0 Å². The smallest absolute Gasteiger partial charge is 0.186 e. The predicted molar refractivity (Wildman–Crippen MR) is 113 cm³/mol. The van der Waals surface area contributed by atoms with Crippen LogP contribution in [0.1, 0.15) is 5.56 Å². The quantitative estimate of drug-likeness (QED) is 0.636. The second kappa shape index (κ2) is 7.44. The largest absolute Gasteiger partial charge is 0.495 e. The summed E-state index contributed by atoms with van der Waals surface area (Å²) in [5.41, 5.74) is 3.34. The Kier molecular flexibility index (Phi) is 5.02. The molecule has 0 amide bonds. The van der Waals surface area contributed by atoms with Gasteiger partial charge in [-0.1, -0.05) is 29.0 Å². The van der Waals surface area contributed by atoms with E-state index in [1.54, 1.807) is 25.6 Å². The van der Waals surface area contributed by atoms with Gasteiger partial charge in [0.15, 0.2) is 5.13 Å². The van der Waals surface area contributed by atoms with Crippen molar-refractivity contribution in [3.8, 4) is 11.5 Å². The number of thiazole rings is 1. The van der Waals surface area contributed by atoms with E-state index < -0.39 is 0 Å². The Balaban J connectivity index is 1.57. The molecule has 1 aromatic heterocycles. The maximum atomic E-state index is 6.19. The zero-order valence-electron chi connectivity index (χ0n) is 15.7. The Morgan fingerprint density at radius 1 is 0.963 bits per heavy atom. The molecule has 1 aliphatic rings. The lowest BCUT2D eigenvalue weighted by atomic mass is 10.1. The number of nitrogens with zero attached hydrogens (tertiary/aromatic N) is 3. The molecule has 0 N–H and O–H groups in total. The number of hydrogen-bond acceptors (Lipinski definition) is 6. The molecule has 3 aromatic rings. The molecule has 4 rings (SSSR count). The van der Waals surface area contributed by atoms with Gasteiger partial charge >= 0.3 is 0 Å². The second-order valence-electron chi connectivity index (χ2n) is 6.55. The minimum Gasteiger partial charge on any atom is -0.495 e. The third kappa shape index (κ3) is 3.39. The molecule has 0 unspecified atom stereocenters. The van der Waals surface area contributed by atoms with Crippen molar-refractivity contribution in [1.29, 1.82) is 0 Å². The fourth-order valence-corrected chi connectivity index (χ4v) is 4.76. The molecule has 0 atom stereocenters. The van der Waals surface area contributed by atoms with Crippen LogP contribution in [0.5, 0.6) is 11.5 Å². The predicted octanol–water partition coefficient (Wildman–Crippen LogP) is 4.60. The third-order valence-electron chi connectivity index (χ3n) is 4.96. The third-order valence-corrected chi connectivity index (χ3v) is 6.33. The second-order valence-corrected chi connectivity index (χ2v) is 7.96. The van der Waals surface area contributed by atoms with Crippen LogP contribution < -0.4 is 19.3 Å². The van der Waals surface area contributed by atoms with Crippen molar-refractivity contribution < 1.29 is 9.47 Å². The van der Waals surface area contributed by atoms with E-state index >= 15 is 0 Å². The summed E-state index contributed by atoms with van der Waals surface area (Å²) in [6.07, 6.45) is 0. The van der Waals surface area contributed by atoms with Gasteiger partial charge in [0.2, 0.25) is 0 Å². The van der Waals surface area contributed by atoms with E-state index in [1.165, 1.54) is 11.3 Å². The van der Waals surface area contributed by atoms with Gasteiger partial charge in [0.25, 0.3) is 0 Å². The monoisotopic (exact) mass is 403 g/mol. The molecule has 2 aromatic carbocycles. The molecule has 2 heterocycles. The summed E-state index contributed by atoms with van der Waals surface area (Å²) in [5, 5.41) is 1.79. The van der Waals surface area contributed by atoms with Gasteiger partial charge in [-0.2, -0.15) is 0 Å². The first-order valence-electron chi connectivity index (χ1n) is 8.88. The van der Waals surface area contributed by atoms with Crippen LogP contribution in [-0.4, -0.2) is 45.4 Å². The number of hydrogen-bond donors (Lipinski definition) is 0. The van der Waals surface area contributed by atoms with E-state index in [-0.39, 0.29) is 0 Å². The van der Waals surface area contributed by atoms with E-state index in [0.717, 1.165) is 58.0 Å². The number of piperazine rings is 1. The maximum Gasteiger partial charge on any atom is 0.186 e. The van der Waals surface area contributed by atoms with Crippen LogP contribution >= 0.6 is 22.9 Å². The van der Waals surface area contributed by atoms with Crippen molar-refractivity contribution >= 4 is 44.0 Å². The first-order valence-corrected chi connectivity index (χ1v) is 10.1. The lowest BCUT2D eigenvalue weighted by Gasteiger charge is -2.36. The molecule has 0 spiro atoms. The van der Waals surface area contributed by atoms with Gasteiger partial charge in [-0.25, -0.2) is 4.98 Å². The van der Waals surface area contributed by atoms with Crippen molar-refractivity contribution in [2.75, 3.05) is 50.2 Å². The van der Waals surface area contributed by atoms with Gasteiger partial charge in [-0.3, -0.25) is 0 Å². The van der Waals surface area contributed by atoms with Gasteiger partial charge in [0, 0.05) is 36.9 Å². The SMILES string of the molecule is COc1ccc(OC)c2sc(N3CCN(c4cc(Cl)ccc4C)CC3)nc12. The van der Waals surface area contributed by atoms with Gasteiger partial charge in [0.1, 0.15) is 21.7 Å². The Morgan fingerprint density at radius 2 is 1.63 bits per heavy atom. The highest BCUT2D eigenvalue weighted by Crippen LogP contribution is 2.40. The van der Waals surface area contributed by atoms with Crippen molar-refractivity contribution in [3.63, 3.8) is 0 Å². The Labute approximate surface area is 168 Å². The molecule has 1 saturated heterocycles. The Morgan fingerprint density at radius 3 is 2.33 bits per heavy atom. The molecule has 27 heavy (non-hydrogen) atoms. The first kappa shape index (κ1) is 18.2. The van der Waals surface area contributed by atoms with E-state index in [2.05, 4.69) is 28.9 Å². The molecule has 0 radical (unpaired) electrons. The highest BCUT2D eigenvalue weighted by atomic mass is 35.5. The molecular formula is C20H22ClN3O2S. The topological polar surface area (TPSA) is 37.8 Å². The van der Waals surface area contributed by atoms with Crippen molar-refractivity contribution in [2.24, 2.45) is 0 Å². The normalized spacial score (nSPS) is 14.7. The van der Waals surface area contributed by atoms with E-state index in [4.69, 9.17) is 26.1 Å². The average Bonchev–Trinajstić information content (AvgIpc) is 3.14. The highest BCUT2D eigenvalue weighted by Gasteiger charge is 2.23. The number of ether oxygens (including phenoxy) is 2. The van der Waals surface area contributed by atoms with Gasteiger partial charge in [0.05, 0.1) is 14.2 Å².